The van der Waals surface area contributed by atoms with Crippen LogP contribution >= 0.6 is 11.3 Å². The van der Waals surface area contributed by atoms with Crippen molar-refractivity contribution in [1.82, 2.24) is 9.88 Å². The molecule has 0 spiro atoms. The van der Waals surface area contributed by atoms with Crippen LogP contribution in [-0.4, -0.2) is 34.0 Å². The van der Waals surface area contributed by atoms with Crippen LogP contribution in [0.1, 0.15) is 40.2 Å². The number of ether oxygens (including phenoxy) is 1. The molecule has 2 aromatic heterocycles. The Morgan fingerprint density at radius 2 is 1.87 bits per heavy atom. The number of carbonyl (C=O) groups is 1. The van der Waals surface area contributed by atoms with Crippen molar-refractivity contribution in [2.75, 3.05) is 0 Å². The maximum Gasteiger partial charge on any atom is 0.264 e. The molecule has 4 heterocycles. The van der Waals surface area contributed by atoms with Crippen molar-refractivity contribution in [2.45, 2.75) is 50.8 Å². The summed E-state index contributed by atoms with van der Waals surface area (Å²) >= 11 is 1.60. The van der Waals surface area contributed by atoms with E-state index in [4.69, 9.17) is 4.74 Å². The number of piperidine rings is 1. The number of nitrogens with zero attached hydrogens (tertiary/aromatic N) is 2. The van der Waals surface area contributed by atoms with Gasteiger partial charge in [-0.15, -0.1) is 11.3 Å². The number of hydrogen-bond donors (Lipinski definition) is 0. The fourth-order valence-corrected chi connectivity index (χ4v) is 4.65. The summed E-state index contributed by atoms with van der Waals surface area (Å²) in [5.74, 6) is 1.08. The lowest BCUT2D eigenvalue weighted by molar-refractivity contribution is 0.0363. The van der Waals surface area contributed by atoms with Gasteiger partial charge in [0.15, 0.2) is 0 Å². The minimum atomic E-state index is 0.198. The maximum atomic E-state index is 12.8. The van der Waals surface area contributed by atoms with Crippen LogP contribution in [-0.2, 0) is 0 Å². The maximum absolute atomic E-state index is 12.8. The van der Waals surface area contributed by atoms with Crippen molar-refractivity contribution in [3.05, 3.63) is 46.4 Å². The minimum absolute atomic E-state index is 0.198. The number of fused-ring (bicyclic) bond motifs is 2. The van der Waals surface area contributed by atoms with Gasteiger partial charge in [-0.25, -0.2) is 0 Å². The van der Waals surface area contributed by atoms with Crippen molar-refractivity contribution >= 4 is 17.2 Å². The van der Waals surface area contributed by atoms with Gasteiger partial charge in [0, 0.05) is 42.2 Å². The largest absolute Gasteiger partial charge is 0.490 e. The smallest absolute Gasteiger partial charge is 0.264 e. The van der Waals surface area contributed by atoms with Crippen LogP contribution in [0.25, 0.3) is 0 Å². The second kappa shape index (κ2) is 5.96. The molecule has 4 rings (SSSR count). The average Bonchev–Trinajstić information content (AvgIpc) is 3.10. The fourth-order valence-electron chi connectivity index (χ4n) is 3.84. The van der Waals surface area contributed by atoms with Gasteiger partial charge in [0.25, 0.3) is 5.91 Å². The number of aryl methyl sites for hydroxylation is 1. The molecule has 5 heteroatoms. The number of rotatable bonds is 3. The Balaban J connectivity index is 1.47. The monoisotopic (exact) mass is 328 g/mol. The van der Waals surface area contributed by atoms with Crippen LogP contribution in [0.2, 0.25) is 0 Å². The normalized spacial score (nSPS) is 26.3. The van der Waals surface area contributed by atoms with Gasteiger partial charge in [0.1, 0.15) is 11.9 Å². The molecule has 0 aliphatic carbocycles. The Morgan fingerprint density at radius 3 is 2.48 bits per heavy atom. The fraction of sp³-hybridized carbons (Fsp3) is 0.444. The van der Waals surface area contributed by atoms with E-state index in [2.05, 4.69) is 9.88 Å². The Bertz CT molecular complexity index is 686. The van der Waals surface area contributed by atoms with Crippen LogP contribution in [0.4, 0.5) is 0 Å². The first-order valence-corrected chi connectivity index (χ1v) is 8.98. The van der Waals surface area contributed by atoms with E-state index in [0.29, 0.717) is 12.1 Å². The highest BCUT2D eigenvalue weighted by molar-refractivity contribution is 7.13. The third kappa shape index (κ3) is 2.85. The molecule has 4 nitrogen and oxygen atoms in total. The zero-order valence-electron chi connectivity index (χ0n) is 13.1. The summed E-state index contributed by atoms with van der Waals surface area (Å²) in [7, 11) is 0. The Hall–Kier alpha value is -1.88. The zero-order chi connectivity index (χ0) is 15.8. The zero-order valence-corrected chi connectivity index (χ0v) is 14.0. The first-order valence-electron chi connectivity index (χ1n) is 8.16. The highest BCUT2D eigenvalue weighted by atomic mass is 32.1. The van der Waals surface area contributed by atoms with E-state index in [9.17, 15) is 4.79 Å². The Morgan fingerprint density at radius 1 is 1.17 bits per heavy atom. The first-order chi connectivity index (χ1) is 11.2. The van der Waals surface area contributed by atoms with Crippen molar-refractivity contribution in [2.24, 2.45) is 0 Å². The van der Waals surface area contributed by atoms with Crippen molar-refractivity contribution < 1.29 is 9.53 Å². The third-order valence-electron chi connectivity index (χ3n) is 4.83. The molecular weight excluding hydrogens is 308 g/mol. The van der Waals surface area contributed by atoms with Gasteiger partial charge in [-0.2, -0.15) is 0 Å². The van der Waals surface area contributed by atoms with Gasteiger partial charge in [0.05, 0.1) is 4.88 Å². The molecule has 0 N–H and O–H groups in total. The van der Waals surface area contributed by atoms with Crippen molar-refractivity contribution in [3.63, 3.8) is 0 Å². The van der Waals surface area contributed by atoms with Gasteiger partial charge in [-0.05, 0) is 44.0 Å². The molecule has 0 radical (unpaired) electrons. The molecule has 0 saturated carbocycles. The van der Waals surface area contributed by atoms with E-state index >= 15 is 0 Å². The SMILES string of the molecule is Cc1ccc(C(=O)N2C3CCC2CC(Oc2ccncc2)C3)s1. The lowest BCUT2D eigenvalue weighted by atomic mass is 9.99. The van der Waals surface area contributed by atoms with E-state index in [1.54, 1.807) is 23.7 Å². The van der Waals surface area contributed by atoms with E-state index in [0.717, 1.165) is 36.3 Å². The van der Waals surface area contributed by atoms with E-state index in [1.807, 2.05) is 31.2 Å². The molecule has 0 aromatic carbocycles. The van der Waals surface area contributed by atoms with Crippen LogP contribution in [0.15, 0.2) is 36.7 Å². The summed E-state index contributed by atoms with van der Waals surface area (Å²) in [5, 5.41) is 0. The topological polar surface area (TPSA) is 42.4 Å². The van der Waals surface area contributed by atoms with Crippen LogP contribution in [0.5, 0.6) is 5.75 Å². The summed E-state index contributed by atoms with van der Waals surface area (Å²) < 4.78 is 6.10. The van der Waals surface area contributed by atoms with Gasteiger partial charge in [-0.1, -0.05) is 0 Å². The first kappa shape index (κ1) is 14.7. The molecular formula is C18H20N2O2S. The molecule has 2 unspecified atom stereocenters. The number of carbonyl (C=O) groups excluding carboxylic acids is 1. The molecule has 2 fully saturated rings. The quantitative estimate of drug-likeness (QED) is 0.863. The molecule has 2 atom stereocenters. The van der Waals surface area contributed by atoms with Crippen molar-refractivity contribution in [3.8, 4) is 5.75 Å². The molecule has 1 amide bonds. The van der Waals surface area contributed by atoms with Gasteiger partial charge < -0.3 is 9.64 Å². The predicted molar refractivity (Wildman–Crippen MR) is 89.9 cm³/mol. The second-order valence-electron chi connectivity index (χ2n) is 6.40. The van der Waals surface area contributed by atoms with Gasteiger partial charge >= 0.3 is 0 Å². The standard InChI is InChI=1S/C18H20N2O2S/c1-12-2-5-17(23-12)18(21)20-13-3-4-14(20)11-16(10-13)22-15-6-8-19-9-7-15/h2,5-9,13-14,16H,3-4,10-11H2,1H3. The van der Waals surface area contributed by atoms with Gasteiger partial charge in [-0.3, -0.25) is 9.78 Å². The predicted octanol–water partition coefficient (Wildman–Crippen LogP) is 3.67. The lowest BCUT2D eigenvalue weighted by Crippen LogP contribution is -2.49. The highest BCUT2D eigenvalue weighted by Crippen LogP contribution is 2.38. The molecule has 120 valence electrons. The van der Waals surface area contributed by atoms with Crippen molar-refractivity contribution in [1.29, 1.82) is 0 Å². The number of amides is 1. The summed E-state index contributed by atoms with van der Waals surface area (Å²) in [4.78, 5) is 21.0. The third-order valence-corrected chi connectivity index (χ3v) is 5.82. The average molecular weight is 328 g/mol. The number of aromatic nitrogens is 1. The highest BCUT2D eigenvalue weighted by Gasteiger charge is 2.44. The Labute approximate surface area is 140 Å². The number of pyridine rings is 1. The molecule has 2 aliphatic rings. The van der Waals surface area contributed by atoms with Crippen LogP contribution in [0.3, 0.4) is 0 Å². The molecule has 2 bridgehead atoms. The molecule has 2 saturated heterocycles. The molecule has 23 heavy (non-hydrogen) atoms. The van der Waals surface area contributed by atoms with E-state index in [-0.39, 0.29) is 12.0 Å². The Kier molecular flexibility index (Phi) is 3.81. The lowest BCUT2D eigenvalue weighted by Gasteiger charge is -2.38. The van der Waals surface area contributed by atoms with E-state index in [1.165, 1.54) is 4.88 Å². The van der Waals surface area contributed by atoms with Crippen LogP contribution < -0.4 is 4.74 Å². The summed E-state index contributed by atoms with van der Waals surface area (Å²) in [6, 6.07) is 8.41. The minimum Gasteiger partial charge on any atom is -0.490 e. The van der Waals surface area contributed by atoms with Gasteiger partial charge in [0.2, 0.25) is 0 Å². The number of thiophene rings is 1. The second-order valence-corrected chi connectivity index (χ2v) is 7.69. The molecule has 2 aliphatic heterocycles. The van der Waals surface area contributed by atoms with E-state index < -0.39 is 0 Å². The summed E-state index contributed by atoms with van der Waals surface area (Å²) in [6.45, 7) is 2.05. The number of hydrogen-bond acceptors (Lipinski definition) is 4. The summed E-state index contributed by atoms with van der Waals surface area (Å²) in [5.41, 5.74) is 0. The summed E-state index contributed by atoms with van der Waals surface area (Å²) in [6.07, 6.45) is 7.74. The molecule has 2 aromatic rings. The van der Waals surface area contributed by atoms with Crippen LogP contribution in [0, 0.1) is 6.92 Å².